The molecule has 0 saturated heterocycles. The summed E-state index contributed by atoms with van der Waals surface area (Å²) < 4.78 is 6.37. The Bertz CT molecular complexity index is 1720. The number of ether oxygens (including phenoxy) is 1. The SMILES string of the molecule is CC(=O)c1c(-c2ccc(Cl)cc2)c(-c2ccc(Cl)cc2)nn(CC[C@@](NC(=O)OCc2ccccc2)(C(=O)O)C(C)C)c1=O. The third-order valence-electron chi connectivity index (χ3n) is 7.38. The fourth-order valence-corrected chi connectivity index (χ4v) is 5.13. The average Bonchev–Trinajstić information content (AvgIpc) is 2.99. The lowest BCUT2D eigenvalue weighted by Gasteiger charge is -2.34. The molecule has 1 heterocycles. The normalized spacial score (nSPS) is 12.4. The van der Waals surface area contributed by atoms with Crippen LogP contribution in [0, 0.1) is 5.92 Å². The number of halogens is 2. The second-order valence-electron chi connectivity index (χ2n) is 10.6. The van der Waals surface area contributed by atoms with E-state index < -0.39 is 34.9 Å². The van der Waals surface area contributed by atoms with E-state index in [4.69, 9.17) is 27.9 Å². The molecule has 3 aromatic carbocycles. The zero-order valence-electron chi connectivity index (χ0n) is 24.3. The Morgan fingerprint density at radius 3 is 2.02 bits per heavy atom. The van der Waals surface area contributed by atoms with Gasteiger partial charge in [0.25, 0.3) is 5.56 Å². The van der Waals surface area contributed by atoms with E-state index in [0.717, 1.165) is 10.2 Å². The molecule has 11 heteroatoms. The van der Waals surface area contributed by atoms with Crippen LogP contribution in [0.15, 0.2) is 83.7 Å². The molecule has 0 bridgehead atoms. The van der Waals surface area contributed by atoms with Crippen molar-refractivity contribution in [3.8, 4) is 22.4 Å². The molecule has 1 amide bonds. The molecule has 1 aromatic heterocycles. The molecule has 0 fully saturated rings. The number of Topliss-reactive ketones (excluding diaryl/α,β-unsaturated/α-hetero) is 1. The monoisotopic (exact) mass is 635 g/mol. The van der Waals surface area contributed by atoms with Gasteiger partial charge in [-0.2, -0.15) is 5.10 Å². The Kier molecular flexibility index (Phi) is 10.2. The Balaban J connectivity index is 1.76. The van der Waals surface area contributed by atoms with Crippen LogP contribution in [0.1, 0.15) is 43.1 Å². The first kappa shape index (κ1) is 32.4. The number of ketones is 1. The fourth-order valence-electron chi connectivity index (χ4n) is 4.88. The van der Waals surface area contributed by atoms with Gasteiger partial charge in [-0.1, -0.05) is 91.6 Å². The van der Waals surface area contributed by atoms with Crippen molar-refractivity contribution < 1.29 is 24.2 Å². The molecule has 44 heavy (non-hydrogen) atoms. The maximum Gasteiger partial charge on any atom is 0.408 e. The van der Waals surface area contributed by atoms with Crippen molar-refractivity contribution in [1.82, 2.24) is 15.1 Å². The van der Waals surface area contributed by atoms with E-state index in [1.165, 1.54) is 6.92 Å². The summed E-state index contributed by atoms with van der Waals surface area (Å²) in [6.45, 7) is 4.29. The maximum atomic E-state index is 13.8. The van der Waals surface area contributed by atoms with Gasteiger partial charge in [0.2, 0.25) is 0 Å². The minimum Gasteiger partial charge on any atom is -0.479 e. The van der Waals surface area contributed by atoms with E-state index in [-0.39, 0.29) is 25.1 Å². The molecule has 4 aromatic rings. The van der Waals surface area contributed by atoms with E-state index in [1.54, 1.807) is 86.6 Å². The van der Waals surface area contributed by atoms with Gasteiger partial charge < -0.3 is 15.2 Å². The number of benzene rings is 3. The van der Waals surface area contributed by atoms with Gasteiger partial charge in [-0.15, -0.1) is 0 Å². The largest absolute Gasteiger partial charge is 0.479 e. The molecule has 0 aliphatic carbocycles. The first-order chi connectivity index (χ1) is 20.9. The van der Waals surface area contributed by atoms with Crippen LogP contribution >= 0.6 is 23.2 Å². The van der Waals surface area contributed by atoms with Crippen molar-refractivity contribution in [3.05, 3.63) is 110 Å². The molecule has 228 valence electrons. The summed E-state index contributed by atoms with van der Waals surface area (Å²) in [5.74, 6) is -2.42. The Hall–Kier alpha value is -4.47. The van der Waals surface area contributed by atoms with Crippen molar-refractivity contribution in [2.75, 3.05) is 0 Å². The molecular weight excluding hydrogens is 605 g/mol. The number of alkyl carbamates (subject to hydrolysis) is 1. The molecule has 9 nitrogen and oxygen atoms in total. The van der Waals surface area contributed by atoms with Gasteiger partial charge in [0, 0.05) is 34.1 Å². The minimum atomic E-state index is -1.82. The van der Waals surface area contributed by atoms with E-state index in [1.807, 2.05) is 6.07 Å². The van der Waals surface area contributed by atoms with Crippen molar-refractivity contribution in [2.24, 2.45) is 5.92 Å². The fraction of sp³-hybridized carbons (Fsp3) is 0.242. The number of carboxylic acid groups (broad SMARTS) is 1. The van der Waals surface area contributed by atoms with Gasteiger partial charge in [0.05, 0.1) is 11.3 Å². The molecule has 0 radical (unpaired) electrons. The summed E-state index contributed by atoms with van der Waals surface area (Å²) in [6.07, 6.45) is -1.15. The van der Waals surface area contributed by atoms with Gasteiger partial charge in [-0.3, -0.25) is 9.59 Å². The molecule has 1 atom stereocenters. The zero-order chi connectivity index (χ0) is 32.0. The molecular formula is C33H31Cl2N3O6. The molecule has 0 saturated carbocycles. The molecule has 0 spiro atoms. The number of nitrogens with zero attached hydrogens (tertiary/aromatic N) is 2. The third-order valence-corrected chi connectivity index (χ3v) is 7.89. The summed E-state index contributed by atoms with van der Waals surface area (Å²) in [5.41, 5.74) is -0.152. The molecule has 4 rings (SSSR count). The lowest BCUT2D eigenvalue weighted by molar-refractivity contribution is -0.147. The predicted molar refractivity (Wildman–Crippen MR) is 169 cm³/mol. The van der Waals surface area contributed by atoms with Crippen LogP contribution in [-0.4, -0.2) is 38.3 Å². The van der Waals surface area contributed by atoms with Crippen LogP contribution in [0.2, 0.25) is 10.0 Å². The lowest BCUT2D eigenvalue weighted by atomic mass is 9.83. The number of amides is 1. The van der Waals surface area contributed by atoms with Crippen LogP contribution in [0.3, 0.4) is 0 Å². The summed E-state index contributed by atoms with van der Waals surface area (Å²) in [6, 6.07) is 22.4. The number of aliphatic carboxylic acids is 1. The summed E-state index contributed by atoms with van der Waals surface area (Å²) in [4.78, 5) is 52.3. The van der Waals surface area contributed by atoms with Gasteiger partial charge in [-0.25, -0.2) is 14.3 Å². The van der Waals surface area contributed by atoms with E-state index >= 15 is 0 Å². The van der Waals surface area contributed by atoms with Gasteiger partial charge in [0.15, 0.2) is 5.78 Å². The smallest absolute Gasteiger partial charge is 0.408 e. The van der Waals surface area contributed by atoms with Crippen LogP contribution < -0.4 is 10.9 Å². The molecule has 0 unspecified atom stereocenters. The molecule has 2 N–H and O–H groups in total. The minimum absolute atomic E-state index is 0.0555. The highest BCUT2D eigenvalue weighted by atomic mass is 35.5. The first-order valence-electron chi connectivity index (χ1n) is 13.8. The maximum absolute atomic E-state index is 13.8. The lowest BCUT2D eigenvalue weighted by Crippen LogP contribution is -2.59. The highest BCUT2D eigenvalue weighted by Gasteiger charge is 2.44. The molecule has 0 aliphatic rings. The quantitative estimate of drug-likeness (QED) is 0.172. The average molecular weight is 637 g/mol. The number of carboxylic acids is 1. The number of hydrogen-bond donors (Lipinski definition) is 2. The summed E-state index contributed by atoms with van der Waals surface area (Å²) in [5, 5.41) is 18.4. The second kappa shape index (κ2) is 13.9. The van der Waals surface area contributed by atoms with Crippen LogP contribution in [-0.2, 0) is 22.7 Å². The Labute approximate surface area is 264 Å². The first-order valence-corrected chi connectivity index (χ1v) is 14.6. The number of carbonyl (C=O) groups is 3. The van der Waals surface area contributed by atoms with Crippen molar-refractivity contribution >= 4 is 41.0 Å². The highest BCUT2D eigenvalue weighted by Crippen LogP contribution is 2.34. The van der Waals surface area contributed by atoms with Crippen LogP contribution in [0.25, 0.3) is 22.4 Å². The number of carbonyl (C=O) groups excluding carboxylic acids is 2. The van der Waals surface area contributed by atoms with Crippen LogP contribution in [0.5, 0.6) is 0 Å². The second-order valence-corrected chi connectivity index (χ2v) is 11.4. The highest BCUT2D eigenvalue weighted by molar-refractivity contribution is 6.31. The summed E-state index contributed by atoms with van der Waals surface area (Å²) >= 11 is 12.2. The number of rotatable bonds is 11. The standard InChI is InChI=1S/C33H31Cl2N3O6/c1-20(2)33(31(41)42,36-32(43)44-19-22-7-5-4-6-8-22)17-18-38-30(40)27(21(3)39)28(23-9-13-25(34)14-10-23)29(37-38)24-11-15-26(35)16-12-24/h4-16,20H,17-19H2,1-3H3,(H,36,43)(H,41,42)/t33-/m0/s1. The zero-order valence-corrected chi connectivity index (χ0v) is 25.9. The number of aryl methyl sites for hydroxylation is 1. The Morgan fingerprint density at radius 1 is 0.932 bits per heavy atom. The number of aromatic nitrogens is 2. The van der Waals surface area contributed by atoms with E-state index in [2.05, 4.69) is 10.4 Å². The third kappa shape index (κ3) is 7.18. The molecule has 0 aliphatic heterocycles. The van der Waals surface area contributed by atoms with E-state index in [9.17, 15) is 24.3 Å². The van der Waals surface area contributed by atoms with Gasteiger partial charge in [-0.05, 0) is 48.2 Å². The van der Waals surface area contributed by atoms with Crippen molar-refractivity contribution in [3.63, 3.8) is 0 Å². The topological polar surface area (TPSA) is 128 Å². The van der Waals surface area contributed by atoms with Crippen molar-refractivity contribution in [2.45, 2.75) is 45.9 Å². The number of nitrogens with one attached hydrogen (secondary N) is 1. The van der Waals surface area contributed by atoms with Crippen molar-refractivity contribution in [1.29, 1.82) is 0 Å². The Morgan fingerprint density at radius 2 is 1.50 bits per heavy atom. The summed E-state index contributed by atoms with van der Waals surface area (Å²) in [7, 11) is 0. The van der Waals surface area contributed by atoms with Crippen LogP contribution in [0.4, 0.5) is 4.79 Å². The predicted octanol–water partition coefficient (Wildman–Crippen LogP) is 6.88. The van der Waals surface area contributed by atoms with Gasteiger partial charge >= 0.3 is 12.1 Å². The van der Waals surface area contributed by atoms with E-state index in [0.29, 0.717) is 32.4 Å². The van der Waals surface area contributed by atoms with Gasteiger partial charge in [0.1, 0.15) is 12.1 Å². The number of hydrogen-bond acceptors (Lipinski definition) is 6.